The first-order valence-electron chi connectivity index (χ1n) is 2.78. The number of hydrogen-bond donors (Lipinski definition) is 1. The summed E-state index contributed by atoms with van der Waals surface area (Å²) in [5.74, 6) is 0. The Balaban J connectivity index is 2.33. The van der Waals surface area contributed by atoms with Gasteiger partial charge in [-0.05, 0) is 12.8 Å². The van der Waals surface area contributed by atoms with Crippen LogP contribution in [-0.2, 0) is 0 Å². The van der Waals surface area contributed by atoms with Crippen molar-refractivity contribution in [1.29, 1.82) is 0 Å². The molecule has 1 fully saturated rings. The fourth-order valence-corrected chi connectivity index (χ4v) is 1.27. The molecule has 1 nitrogen and oxygen atoms in total. The van der Waals surface area contributed by atoms with Gasteiger partial charge in [-0.3, -0.25) is 0 Å². The highest BCUT2D eigenvalue weighted by Crippen LogP contribution is 2.20. The molecule has 0 aromatic carbocycles. The highest BCUT2D eigenvalue weighted by atomic mass is 35.5. The van der Waals surface area contributed by atoms with Crippen LogP contribution in [0.4, 0.5) is 0 Å². The van der Waals surface area contributed by atoms with Crippen molar-refractivity contribution in [2.45, 2.75) is 30.7 Å². The van der Waals surface area contributed by atoms with Gasteiger partial charge in [0.25, 0.3) is 0 Å². The molecule has 0 spiro atoms. The first-order valence-corrected chi connectivity index (χ1v) is 3.21. The van der Waals surface area contributed by atoms with E-state index in [1.807, 2.05) is 0 Å². The summed E-state index contributed by atoms with van der Waals surface area (Å²) >= 11 is 5.80. The minimum Gasteiger partial charge on any atom is -0.354 e. The second-order valence-corrected chi connectivity index (χ2v) is 2.77. The van der Waals surface area contributed by atoms with E-state index >= 15 is 0 Å². The van der Waals surface area contributed by atoms with Crippen LogP contribution in [0.5, 0.6) is 0 Å². The molecular formula is C5H11ClN+. The van der Waals surface area contributed by atoms with Gasteiger partial charge in [-0.2, -0.15) is 0 Å². The van der Waals surface area contributed by atoms with Crippen molar-refractivity contribution in [3.63, 3.8) is 0 Å². The van der Waals surface area contributed by atoms with Crippen LogP contribution in [0.3, 0.4) is 0 Å². The lowest BCUT2D eigenvalue weighted by Gasteiger charge is -1.99. The van der Waals surface area contributed by atoms with Crippen molar-refractivity contribution in [2.75, 3.05) is 0 Å². The van der Waals surface area contributed by atoms with E-state index in [0.717, 1.165) is 0 Å². The molecule has 0 radical (unpaired) electrons. The van der Waals surface area contributed by atoms with Crippen LogP contribution in [0.25, 0.3) is 0 Å². The summed E-state index contributed by atoms with van der Waals surface area (Å²) in [4.78, 5) is 0. The summed E-state index contributed by atoms with van der Waals surface area (Å²) in [6.07, 6.45) is 3.69. The Morgan fingerprint density at radius 2 is 2.14 bits per heavy atom. The van der Waals surface area contributed by atoms with Gasteiger partial charge in [-0.25, -0.2) is 0 Å². The molecule has 2 unspecified atom stereocenters. The molecule has 0 aromatic heterocycles. The Labute approximate surface area is 48.8 Å². The lowest BCUT2D eigenvalue weighted by Crippen LogP contribution is -2.63. The lowest BCUT2D eigenvalue weighted by atomic mass is 10.3. The van der Waals surface area contributed by atoms with Crippen molar-refractivity contribution in [2.24, 2.45) is 0 Å². The molecule has 0 aromatic rings. The highest BCUT2D eigenvalue weighted by molar-refractivity contribution is 6.21. The summed E-state index contributed by atoms with van der Waals surface area (Å²) in [5, 5.41) is 0.375. The predicted molar refractivity (Wildman–Crippen MR) is 30.2 cm³/mol. The Kier molecular flexibility index (Phi) is 1.55. The van der Waals surface area contributed by atoms with E-state index < -0.39 is 0 Å². The van der Waals surface area contributed by atoms with Crippen molar-refractivity contribution in [3.8, 4) is 0 Å². The number of halogens is 1. The normalized spacial score (nSPS) is 42.0. The third-order valence-corrected chi connectivity index (χ3v) is 2.14. The summed E-state index contributed by atoms with van der Waals surface area (Å²) in [6, 6.07) is 0.529. The van der Waals surface area contributed by atoms with Crippen LogP contribution in [-0.4, -0.2) is 11.4 Å². The third-order valence-electron chi connectivity index (χ3n) is 1.57. The van der Waals surface area contributed by atoms with Crippen molar-refractivity contribution >= 4 is 11.6 Å². The molecule has 0 heterocycles. The summed E-state index contributed by atoms with van der Waals surface area (Å²) in [6.45, 7) is 0. The number of rotatable bonds is 0. The second kappa shape index (κ2) is 2.01. The van der Waals surface area contributed by atoms with Crippen LogP contribution < -0.4 is 5.73 Å². The predicted octanol–water partition coefficient (Wildman–Crippen LogP) is 0.388. The molecule has 0 aliphatic heterocycles. The van der Waals surface area contributed by atoms with Gasteiger partial charge in [0.1, 0.15) is 6.04 Å². The molecule has 0 saturated heterocycles. The van der Waals surface area contributed by atoms with Gasteiger partial charge < -0.3 is 5.73 Å². The van der Waals surface area contributed by atoms with Crippen molar-refractivity contribution in [1.82, 2.24) is 0 Å². The lowest BCUT2D eigenvalue weighted by molar-refractivity contribution is -0.415. The van der Waals surface area contributed by atoms with Gasteiger partial charge in [-0.15, -0.1) is 11.6 Å². The zero-order valence-electron chi connectivity index (χ0n) is 4.36. The van der Waals surface area contributed by atoms with E-state index in [-0.39, 0.29) is 0 Å². The van der Waals surface area contributed by atoms with Crippen LogP contribution in [0.2, 0.25) is 0 Å². The van der Waals surface area contributed by atoms with Crippen LogP contribution in [0.1, 0.15) is 19.3 Å². The molecule has 1 aliphatic carbocycles. The standard InChI is InChI=1S/C5H10ClN/c6-4-2-1-3-5(4)7/h4-5H,1-3,7H2/p+1. The molecule has 0 amide bonds. The molecule has 1 aliphatic rings. The highest BCUT2D eigenvalue weighted by Gasteiger charge is 2.23. The van der Waals surface area contributed by atoms with E-state index in [9.17, 15) is 0 Å². The van der Waals surface area contributed by atoms with Gasteiger partial charge in [0.15, 0.2) is 0 Å². The maximum Gasteiger partial charge on any atom is 0.101 e. The minimum absolute atomic E-state index is 0.375. The quantitative estimate of drug-likeness (QED) is 0.448. The van der Waals surface area contributed by atoms with E-state index in [0.29, 0.717) is 11.4 Å². The van der Waals surface area contributed by atoms with Gasteiger partial charge in [-0.1, -0.05) is 0 Å². The Morgan fingerprint density at radius 3 is 2.29 bits per heavy atom. The first kappa shape index (κ1) is 5.39. The van der Waals surface area contributed by atoms with Crippen molar-refractivity contribution < 1.29 is 5.73 Å². The summed E-state index contributed by atoms with van der Waals surface area (Å²) in [5.41, 5.74) is 3.89. The Bertz CT molecular complexity index is 57.1. The molecule has 2 atom stereocenters. The van der Waals surface area contributed by atoms with Gasteiger partial charge in [0.05, 0.1) is 5.38 Å². The van der Waals surface area contributed by atoms with E-state index in [2.05, 4.69) is 5.73 Å². The third kappa shape index (κ3) is 1.07. The monoisotopic (exact) mass is 120 g/mol. The fourth-order valence-electron chi connectivity index (χ4n) is 0.992. The average molecular weight is 121 g/mol. The summed E-state index contributed by atoms with van der Waals surface area (Å²) in [7, 11) is 0. The smallest absolute Gasteiger partial charge is 0.101 e. The number of hydrogen-bond acceptors (Lipinski definition) is 0. The van der Waals surface area contributed by atoms with Gasteiger partial charge in [0, 0.05) is 6.42 Å². The van der Waals surface area contributed by atoms with Gasteiger partial charge in [0.2, 0.25) is 0 Å². The number of alkyl halides is 1. The Morgan fingerprint density at radius 1 is 1.43 bits per heavy atom. The maximum absolute atomic E-state index is 5.80. The van der Waals surface area contributed by atoms with E-state index in [4.69, 9.17) is 11.6 Å². The minimum atomic E-state index is 0.375. The topological polar surface area (TPSA) is 27.6 Å². The molecule has 1 rings (SSSR count). The van der Waals surface area contributed by atoms with Gasteiger partial charge >= 0.3 is 0 Å². The molecule has 0 bridgehead atoms. The van der Waals surface area contributed by atoms with Crippen LogP contribution in [0.15, 0.2) is 0 Å². The van der Waals surface area contributed by atoms with Crippen LogP contribution in [0, 0.1) is 0 Å². The zero-order chi connectivity index (χ0) is 5.28. The van der Waals surface area contributed by atoms with Crippen molar-refractivity contribution in [3.05, 3.63) is 0 Å². The first-order chi connectivity index (χ1) is 3.30. The fraction of sp³-hybridized carbons (Fsp3) is 1.00. The maximum atomic E-state index is 5.80. The average Bonchev–Trinajstić information content (AvgIpc) is 1.91. The number of quaternary nitrogens is 1. The molecule has 2 heteroatoms. The van der Waals surface area contributed by atoms with E-state index in [1.165, 1.54) is 19.3 Å². The molecule has 1 saturated carbocycles. The summed E-state index contributed by atoms with van der Waals surface area (Å²) < 4.78 is 0. The molecule has 3 N–H and O–H groups in total. The Hall–Kier alpha value is 0.250. The molecule has 7 heavy (non-hydrogen) atoms. The second-order valence-electron chi connectivity index (χ2n) is 2.21. The zero-order valence-corrected chi connectivity index (χ0v) is 5.12. The molecule has 42 valence electrons. The SMILES string of the molecule is [NH3+]C1CCCC1Cl. The van der Waals surface area contributed by atoms with E-state index in [1.54, 1.807) is 0 Å². The molecular weight excluding hydrogens is 110 g/mol. The van der Waals surface area contributed by atoms with Crippen LogP contribution >= 0.6 is 11.6 Å². The largest absolute Gasteiger partial charge is 0.354 e.